The number of anilines is 2. The van der Waals surface area contributed by atoms with E-state index >= 15 is 0 Å². The molecule has 1 N–H and O–H groups in total. The maximum absolute atomic E-state index is 12.4. The Morgan fingerprint density at radius 3 is 2.64 bits per heavy atom. The molecule has 25 heavy (non-hydrogen) atoms. The number of benzene rings is 1. The standard InChI is InChI=1S/C19H19N3O3/c1-22(2)17-9-8-15(12-20-17)21-19(23)18-14(10-11-24-18)13-25-16-6-4-3-5-7-16/h3-12H,13H2,1-2H3,(H,21,23). The molecule has 6 nitrogen and oxygen atoms in total. The number of carbonyl (C=O) groups excluding carboxylic acids is 1. The zero-order valence-corrected chi connectivity index (χ0v) is 14.1. The molecule has 0 unspecified atom stereocenters. The number of rotatable bonds is 6. The fourth-order valence-electron chi connectivity index (χ4n) is 2.24. The first-order chi connectivity index (χ1) is 12.1. The number of hydrogen-bond acceptors (Lipinski definition) is 5. The number of hydrogen-bond donors (Lipinski definition) is 1. The van der Waals surface area contributed by atoms with E-state index in [0.717, 1.165) is 11.6 Å². The van der Waals surface area contributed by atoms with Gasteiger partial charge in [-0.2, -0.15) is 0 Å². The van der Waals surface area contributed by atoms with E-state index in [4.69, 9.17) is 9.15 Å². The van der Waals surface area contributed by atoms with Gasteiger partial charge in [-0.1, -0.05) is 18.2 Å². The summed E-state index contributed by atoms with van der Waals surface area (Å²) < 4.78 is 11.0. The number of nitrogens with one attached hydrogen (secondary N) is 1. The molecule has 2 heterocycles. The molecule has 0 spiro atoms. The van der Waals surface area contributed by atoms with Gasteiger partial charge in [-0.05, 0) is 30.3 Å². The van der Waals surface area contributed by atoms with Crippen molar-refractivity contribution in [2.75, 3.05) is 24.3 Å². The molecule has 0 fully saturated rings. The third-order valence-electron chi connectivity index (χ3n) is 3.55. The molecule has 0 aliphatic rings. The van der Waals surface area contributed by atoms with Gasteiger partial charge in [0.1, 0.15) is 18.2 Å². The lowest BCUT2D eigenvalue weighted by Crippen LogP contribution is -2.15. The largest absolute Gasteiger partial charge is 0.489 e. The molecule has 0 aliphatic heterocycles. The minimum atomic E-state index is -0.337. The lowest BCUT2D eigenvalue weighted by atomic mass is 10.2. The Morgan fingerprint density at radius 1 is 1.16 bits per heavy atom. The number of para-hydroxylation sites is 1. The Morgan fingerprint density at radius 2 is 1.96 bits per heavy atom. The molecule has 3 rings (SSSR count). The Kier molecular flexibility index (Phi) is 4.99. The Labute approximate surface area is 146 Å². The van der Waals surface area contributed by atoms with Gasteiger partial charge in [-0.25, -0.2) is 4.98 Å². The van der Waals surface area contributed by atoms with Crippen LogP contribution in [0.5, 0.6) is 5.75 Å². The summed E-state index contributed by atoms with van der Waals surface area (Å²) in [7, 11) is 3.81. The highest BCUT2D eigenvalue weighted by Gasteiger charge is 2.16. The number of amides is 1. The molecule has 128 valence electrons. The van der Waals surface area contributed by atoms with Crippen LogP contribution in [-0.2, 0) is 6.61 Å². The number of nitrogens with zero attached hydrogens (tertiary/aromatic N) is 2. The van der Waals surface area contributed by atoms with Crippen LogP contribution in [0, 0.1) is 0 Å². The monoisotopic (exact) mass is 337 g/mol. The van der Waals surface area contributed by atoms with Crippen molar-refractivity contribution in [3.8, 4) is 5.75 Å². The zero-order valence-electron chi connectivity index (χ0n) is 14.1. The minimum Gasteiger partial charge on any atom is -0.489 e. The zero-order chi connectivity index (χ0) is 17.6. The summed E-state index contributed by atoms with van der Waals surface area (Å²) in [6, 6.07) is 14.8. The third-order valence-corrected chi connectivity index (χ3v) is 3.55. The second kappa shape index (κ2) is 7.53. The van der Waals surface area contributed by atoms with E-state index in [1.165, 1.54) is 6.26 Å². The predicted octanol–water partition coefficient (Wildman–Crippen LogP) is 3.57. The molecular weight excluding hydrogens is 318 g/mol. The third kappa shape index (κ3) is 4.17. The topological polar surface area (TPSA) is 67.6 Å². The van der Waals surface area contributed by atoms with Gasteiger partial charge in [-0.3, -0.25) is 4.79 Å². The number of pyridine rings is 1. The molecular formula is C19H19N3O3. The summed E-state index contributed by atoms with van der Waals surface area (Å²) in [5.74, 6) is 1.44. The first kappa shape index (κ1) is 16.6. The molecule has 3 aromatic rings. The molecule has 0 saturated carbocycles. The first-order valence-corrected chi connectivity index (χ1v) is 7.82. The van der Waals surface area contributed by atoms with Crippen LogP contribution in [0.3, 0.4) is 0 Å². The smallest absolute Gasteiger partial charge is 0.291 e. The molecule has 0 bridgehead atoms. The van der Waals surface area contributed by atoms with Crippen LogP contribution in [0.2, 0.25) is 0 Å². The fraction of sp³-hybridized carbons (Fsp3) is 0.158. The molecule has 6 heteroatoms. The van der Waals surface area contributed by atoms with Crippen molar-refractivity contribution >= 4 is 17.4 Å². The van der Waals surface area contributed by atoms with Gasteiger partial charge < -0.3 is 19.4 Å². The minimum absolute atomic E-state index is 0.229. The van der Waals surface area contributed by atoms with E-state index in [0.29, 0.717) is 11.3 Å². The number of carbonyl (C=O) groups is 1. The van der Waals surface area contributed by atoms with Crippen LogP contribution in [-0.4, -0.2) is 25.0 Å². The maximum atomic E-state index is 12.4. The molecule has 0 radical (unpaired) electrons. The molecule has 1 aromatic carbocycles. The Balaban J connectivity index is 1.65. The van der Waals surface area contributed by atoms with Crippen LogP contribution >= 0.6 is 0 Å². The summed E-state index contributed by atoms with van der Waals surface area (Å²) in [4.78, 5) is 18.6. The van der Waals surface area contributed by atoms with E-state index in [-0.39, 0.29) is 18.3 Å². The lowest BCUT2D eigenvalue weighted by Gasteiger charge is -2.11. The highest BCUT2D eigenvalue weighted by molar-refractivity contribution is 6.03. The van der Waals surface area contributed by atoms with Gasteiger partial charge in [0.05, 0.1) is 18.1 Å². The summed E-state index contributed by atoms with van der Waals surface area (Å²) >= 11 is 0. The van der Waals surface area contributed by atoms with Gasteiger partial charge in [0.15, 0.2) is 5.76 Å². The van der Waals surface area contributed by atoms with Crippen molar-refractivity contribution in [1.82, 2.24) is 4.98 Å². The van der Waals surface area contributed by atoms with Crippen LogP contribution in [0.4, 0.5) is 11.5 Å². The van der Waals surface area contributed by atoms with Crippen molar-refractivity contribution in [2.45, 2.75) is 6.61 Å². The summed E-state index contributed by atoms with van der Waals surface area (Å²) in [5.41, 5.74) is 1.28. The predicted molar refractivity (Wildman–Crippen MR) is 96.0 cm³/mol. The van der Waals surface area contributed by atoms with Gasteiger partial charge in [0.25, 0.3) is 5.91 Å². The average Bonchev–Trinajstić information content (AvgIpc) is 3.10. The molecule has 2 aromatic heterocycles. The van der Waals surface area contributed by atoms with Crippen LogP contribution in [0.1, 0.15) is 16.1 Å². The summed E-state index contributed by atoms with van der Waals surface area (Å²) in [5, 5.41) is 2.78. The van der Waals surface area contributed by atoms with Gasteiger partial charge in [-0.15, -0.1) is 0 Å². The van der Waals surface area contributed by atoms with Gasteiger partial charge >= 0.3 is 0 Å². The highest BCUT2D eigenvalue weighted by Crippen LogP contribution is 2.18. The van der Waals surface area contributed by atoms with Crippen molar-refractivity contribution in [3.05, 3.63) is 72.3 Å². The van der Waals surface area contributed by atoms with Crippen molar-refractivity contribution in [1.29, 1.82) is 0 Å². The Hall–Kier alpha value is -3.28. The second-order valence-electron chi connectivity index (χ2n) is 5.63. The SMILES string of the molecule is CN(C)c1ccc(NC(=O)c2occc2COc2ccccc2)cn1. The Bertz CT molecular complexity index is 827. The van der Waals surface area contributed by atoms with Crippen LogP contribution in [0.25, 0.3) is 0 Å². The van der Waals surface area contributed by atoms with E-state index in [2.05, 4.69) is 10.3 Å². The molecule has 0 atom stereocenters. The molecule has 0 saturated heterocycles. The second-order valence-corrected chi connectivity index (χ2v) is 5.63. The van der Waals surface area contributed by atoms with Gasteiger partial charge in [0, 0.05) is 19.7 Å². The summed E-state index contributed by atoms with van der Waals surface area (Å²) in [6.07, 6.45) is 3.09. The fourth-order valence-corrected chi connectivity index (χ4v) is 2.24. The number of aromatic nitrogens is 1. The van der Waals surface area contributed by atoms with Crippen LogP contribution in [0.15, 0.2) is 65.4 Å². The first-order valence-electron chi connectivity index (χ1n) is 7.82. The highest BCUT2D eigenvalue weighted by atomic mass is 16.5. The molecule has 0 aliphatic carbocycles. The molecule has 1 amide bonds. The number of furan rings is 1. The van der Waals surface area contributed by atoms with Crippen LogP contribution < -0.4 is 15.0 Å². The van der Waals surface area contributed by atoms with E-state index < -0.39 is 0 Å². The van der Waals surface area contributed by atoms with Crippen molar-refractivity contribution in [3.63, 3.8) is 0 Å². The number of ether oxygens (including phenoxy) is 1. The van der Waals surface area contributed by atoms with Gasteiger partial charge in [0.2, 0.25) is 0 Å². The van der Waals surface area contributed by atoms with Crippen molar-refractivity contribution < 1.29 is 13.9 Å². The average molecular weight is 337 g/mol. The van der Waals surface area contributed by atoms with E-state index in [1.807, 2.05) is 55.4 Å². The lowest BCUT2D eigenvalue weighted by molar-refractivity contribution is 0.0993. The normalized spacial score (nSPS) is 10.3. The summed E-state index contributed by atoms with van der Waals surface area (Å²) in [6.45, 7) is 0.251. The maximum Gasteiger partial charge on any atom is 0.291 e. The van der Waals surface area contributed by atoms with E-state index in [1.54, 1.807) is 18.3 Å². The van der Waals surface area contributed by atoms with Crippen molar-refractivity contribution in [2.24, 2.45) is 0 Å². The van der Waals surface area contributed by atoms with E-state index in [9.17, 15) is 4.79 Å². The quantitative estimate of drug-likeness (QED) is 0.745.